The number of amides is 1. The van der Waals surface area contributed by atoms with Gasteiger partial charge in [0, 0.05) is 13.1 Å². The first-order chi connectivity index (χ1) is 10.7. The molecule has 1 saturated heterocycles. The van der Waals surface area contributed by atoms with Crippen LogP contribution in [0.15, 0.2) is 47.1 Å². The van der Waals surface area contributed by atoms with E-state index in [1.165, 1.54) is 12.3 Å². The van der Waals surface area contributed by atoms with E-state index in [2.05, 4.69) is 0 Å². The lowest BCUT2D eigenvalue weighted by atomic mass is 9.97. The molecule has 0 N–H and O–H groups in total. The number of hydrogen-bond acceptors (Lipinski definition) is 3. The smallest absolute Gasteiger partial charge is 0.289 e. The predicted octanol–water partition coefficient (Wildman–Crippen LogP) is 3.35. The van der Waals surface area contributed by atoms with E-state index < -0.39 is 0 Å². The van der Waals surface area contributed by atoms with Crippen LogP contribution in [0.5, 0.6) is 5.75 Å². The standard InChI is InChI=1S/C17H18FNO3/c18-14-4-1-2-5-15(14)22-12-13-7-9-19(10-8-13)17(20)16-6-3-11-21-16/h1-6,11,13H,7-10,12H2. The average Bonchev–Trinajstić information content (AvgIpc) is 3.08. The van der Waals surface area contributed by atoms with Crippen molar-refractivity contribution >= 4 is 5.91 Å². The summed E-state index contributed by atoms with van der Waals surface area (Å²) in [5, 5.41) is 0. The number of hydrogen-bond donors (Lipinski definition) is 0. The summed E-state index contributed by atoms with van der Waals surface area (Å²) in [4.78, 5) is 13.9. The average molecular weight is 303 g/mol. The van der Waals surface area contributed by atoms with Gasteiger partial charge in [0.05, 0.1) is 12.9 Å². The molecular weight excluding hydrogens is 285 g/mol. The molecule has 0 spiro atoms. The Balaban J connectivity index is 1.48. The lowest BCUT2D eigenvalue weighted by Gasteiger charge is -2.31. The van der Waals surface area contributed by atoms with Crippen LogP contribution in [0.2, 0.25) is 0 Å². The fraction of sp³-hybridized carbons (Fsp3) is 0.353. The molecule has 1 aliphatic heterocycles. The minimum absolute atomic E-state index is 0.0709. The van der Waals surface area contributed by atoms with Crippen molar-refractivity contribution in [2.45, 2.75) is 12.8 Å². The minimum atomic E-state index is -0.340. The number of nitrogens with zero attached hydrogens (tertiary/aromatic N) is 1. The first kappa shape index (κ1) is 14.6. The molecular formula is C17H18FNO3. The second-order valence-corrected chi connectivity index (χ2v) is 5.45. The first-order valence-corrected chi connectivity index (χ1v) is 7.44. The van der Waals surface area contributed by atoms with Crippen LogP contribution in [-0.4, -0.2) is 30.5 Å². The molecule has 0 radical (unpaired) electrons. The third-order valence-corrected chi connectivity index (χ3v) is 3.94. The number of carbonyl (C=O) groups excluding carboxylic acids is 1. The van der Waals surface area contributed by atoms with E-state index in [9.17, 15) is 9.18 Å². The highest BCUT2D eigenvalue weighted by Crippen LogP contribution is 2.22. The van der Waals surface area contributed by atoms with Crippen molar-refractivity contribution in [3.63, 3.8) is 0 Å². The summed E-state index contributed by atoms with van der Waals surface area (Å²) in [6.45, 7) is 1.82. The van der Waals surface area contributed by atoms with E-state index in [1.807, 2.05) is 0 Å². The molecule has 1 fully saturated rings. The van der Waals surface area contributed by atoms with Crippen LogP contribution in [-0.2, 0) is 0 Å². The van der Waals surface area contributed by atoms with E-state index in [0.717, 1.165) is 12.8 Å². The van der Waals surface area contributed by atoms with Gasteiger partial charge in [0.15, 0.2) is 17.3 Å². The summed E-state index contributed by atoms with van der Waals surface area (Å²) in [5.41, 5.74) is 0. The number of halogens is 1. The van der Waals surface area contributed by atoms with Crippen LogP contribution in [0.1, 0.15) is 23.4 Å². The SMILES string of the molecule is O=C(c1ccco1)N1CCC(COc2ccccc2F)CC1. The van der Waals surface area contributed by atoms with Crippen LogP contribution in [0.3, 0.4) is 0 Å². The molecule has 0 unspecified atom stereocenters. The van der Waals surface area contributed by atoms with Gasteiger partial charge >= 0.3 is 0 Å². The highest BCUT2D eigenvalue weighted by Gasteiger charge is 2.25. The van der Waals surface area contributed by atoms with Crippen LogP contribution >= 0.6 is 0 Å². The highest BCUT2D eigenvalue weighted by molar-refractivity contribution is 5.91. The summed E-state index contributed by atoms with van der Waals surface area (Å²) < 4.78 is 24.2. The lowest BCUT2D eigenvalue weighted by molar-refractivity contribution is 0.0628. The molecule has 1 aromatic carbocycles. The fourth-order valence-electron chi connectivity index (χ4n) is 2.63. The Morgan fingerprint density at radius 1 is 1.23 bits per heavy atom. The van der Waals surface area contributed by atoms with E-state index >= 15 is 0 Å². The van der Waals surface area contributed by atoms with Gasteiger partial charge in [-0.1, -0.05) is 12.1 Å². The molecule has 2 aromatic rings. The van der Waals surface area contributed by atoms with Gasteiger partial charge in [0.1, 0.15) is 0 Å². The molecule has 3 rings (SSSR count). The molecule has 1 aromatic heterocycles. The molecule has 2 heterocycles. The van der Waals surface area contributed by atoms with Crippen LogP contribution < -0.4 is 4.74 Å². The van der Waals surface area contributed by atoms with Gasteiger partial charge < -0.3 is 14.1 Å². The van der Waals surface area contributed by atoms with E-state index in [-0.39, 0.29) is 17.5 Å². The monoisotopic (exact) mass is 303 g/mol. The Kier molecular flexibility index (Phi) is 4.42. The fourth-order valence-corrected chi connectivity index (χ4v) is 2.63. The normalized spacial score (nSPS) is 15.8. The van der Waals surface area contributed by atoms with Crippen molar-refractivity contribution < 1.29 is 18.3 Å². The second-order valence-electron chi connectivity index (χ2n) is 5.45. The van der Waals surface area contributed by atoms with Crippen molar-refractivity contribution in [2.24, 2.45) is 5.92 Å². The lowest BCUT2D eigenvalue weighted by Crippen LogP contribution is -2.39. The Bertz CT molecular complexity index is 619. The minimum Gasteiger partial charge on any atom is -0.490 e. The Hall–Kier alpha value is -2.30. The maximum atomic E-state index is 13.5. The van der Waals surface area contributed by atoms with E-state index in [1.54, 1.807) is 35.2 Å². The third-order valence-electron chi connectivity index (χ3n) is 3.94. The van der Waals surface area contributed by atoms with Gasteiger partial charge in [-0.15, -0.1) is 0 Å². The van der Waals surface area contributed by atoms with Crippen LogP contribution in [0.25, 0.3) is 0 Å². The molecule has 0 aliphatic carbocycles. The summed E-state index contributed by atoms with van der Waals surface area (Å²) >= 11 is 0. The predicted molar refractivity (Wildman–Crippen MR) is 79.2 cm³/mol. The number of carbonyl (C=O) groups is 1. The quantitative estimate of drug-likeness (QED) is 0.870. The molecule has 0 saturated carbocycles. The molecule has 22 heavy (non-hydrogen) atoms. The van der Waals surface area contributed by atoms with Gasteiger partial charge in [0.25, 0.3) is 5.91 Å². The summed E-state index contributed by atoms with van der Waals surface area (Å²) in [5.74, 6) is 0.587. The summed E-state index contributed by atoms with van der Waals surface area (Å²) in [6, 6.07) is 9.80. The number of para-hydroxylation sites is 1. The zero-order valence-corrected chi connectivity index (χ0v) is 12.2. The van der Waals surface area contributed by atoms with Gasteiger partial charge in [-0.05, 0) is 43.0 Å². The maximum absolute atomic E-state index is 13.5. The highest BCUT2D eigenvalue weighted by atomic mass is 19.1. The van der Waals surface area contributed by atoms with Crippen molar-refractivity contribution in [2.75, 3.05) is 19.7 Å². The van der Waals surface area contributed by atoms with Crippen molar-refractivity contribution in [3.8, 4) is 5.75 Å². The van der Waals surface area contributed by atoms with Gasteiger partial charge in [-0.3, -0.25) is 4.79 Å². The largest absolute Gasteiger partial charge is 0.490 e. The topological polar surface area (TPSA) is 42.7 Å². The Morgan fingerprint density at radius 2 is 2.00 bits per heavy atom. The molecule has 0 bridgehead atoms. The number of furan rings is 1. The Labute approximate surface area is 128 Å². The first-order valence-electron chi connectivity index (χ1n) is 7.44. The second kappa shape index (κ2) is 6.64. The van der Waals surface area contributed by atoms with Gasteiger partial charge in [-0.25, -0.2) is 4.39 Å². The third kappa shape index (κ3) is 3.30. The van der Waals surface area contributed by atoms with E-state index in [0.29, 0.717) is 31.4 Å². The molecule has 116 valence electrons. The molecule has 1 aliphatic rings. The summed E-state index contributed by atoms with van der Waals surface area (Å²) in [6.07, 6.45) is 3.20. The van der Waals surface area contributed by atoms with E-state index in [4.69, 9.17) is 9.15 Å². The Morgan fingerprint density at radius 3 is 2.68 bits per heavy atom. The molecule has 1 amide bonds. The van der Waals surface area contributed by atoms with Crippen LogP contribution in [0, 0.1) is 11.7 Å². The van der Waals surface area contributed by atoms with Crippen molar-refractivity contribution in [3.05, 3.63) is 54.2 Å². The zero-order valence-electron chi connectivity index (χ0n) is 12.2. The van der Waals surface area contributed by atoms with Crippen molar-refractivity contribution in [1.82, 2.24) is 4.90 Å². The van der Waals surface area contributed by atoms with Gasteiger partial charge in [-0.2, -0.15) is 0 Å². The molecule has 5 heteroatoms. The van der Waals surface area contributed by atoms with Gasteiger partial charge in [0.2, 0.25) is 0 Å². The number of likely N-dealkylation sites (tertiary alicyclic amines) is 1. The molecule has 4 nitrogen and oxygen atoms in total. The number of piperidine rings is 1. The van der Waals surface area contributed by atoms with Crippen molar-refractivity contribution in [1.29, 1.82) is 0 Å². The zero-order chi connectivity index (χ0) is 15.4. The molecule has 0 atom stereocenters. The number of ether oxygens (including phenoxy) is 1. The maximum Gasteiger partial charge on any atom is 0.289 e. The summed E-state index contributed by atoms with van der Waals surface area (Å²) in [7, 11) is 0. The number of benzene rings is 1. The number of rotatable bonds is 4. The van der Waals surface area contributed by atoms with Crippen LogP contribution in [0.4, 0.5) is 4.39 Å².